The normalized spacial score (nSPS) is 24.6. The van der Waals surface area contributed by atoms with Crippen molar-refractivity contribution in [3.8, 4) is 5.82 Å². The Bertz CT molecular complexity index is 1260. The first-order valence-electron chi connectivity index (χ1n) is 14.1. The minimum Gasteiger partial charge on any atom is -0.378 e. The van der Waals surface area contributed by atoms with Crippen molar-refractivity contribution in [2.75, 3.05) is 56.3 Å². The van der Waals surface area contributed by atoms with Crippen LogP contribution in [0.1, 0.15) is 50.8 Å². The maximum absolute atomic E-state index is 14.1. The van der Waals surface area contributed by atoms with Crippen LogP contribution in [0, 0.1) is 5.92 Å². The second-order valence-corrected chi connectivity index (χ2v) is 10.8. The zero-order valence-corrected chi connectivity index (χ0v) is 22.1. The summed E-state index contributed by atoms with van der Waals surface area (Å²) in [4.78, 5) is 18.1. The van der Waals surface area contributed by atoms with E-state index in [2.05, 4.69) is 15.2 Å². The molecule has 4 heterocycles. The van der Waals surface area contributed by atoms with Crippen molar-refractivity contribution >= 4 is 22.8 Å². The van der Waals surface area contributed by atoms with Gasteiger partial charge in [-0.15, -0.1) is 0 Å². The molecule has 0 amide bonds. The van der Waals surface area contributed by atoms with Crippen LogP contribution in [0.15, 0.2) is 30.3 Å². The predicted molar refractivity (Wildman–Crippen MR) is 145 cm³/mol. The van der Waals surface area contributed by atoms with Crippen LogP contribution in [0.3, 0.4) is 0 Å². The smallest absolute Gasteiger partial charge is 0.296 e. The molecule has 1 aromatic carbocycles. The highest BCUT2D eigenvalue weighted by Gasteiger charge is 2.33. The lowest BCUT2D eigenvalue weighted by Crippen LogP contribution is -2.42. The summed E-state index contributed by atoms with van der Waals surface area (Å²) in [6.07, 6.45) is 3.62. The van der Waals surface area contributed by atoms with Crippen molar-refractivity contribution in [3.05, 3.63) is 36.2 Å². The molecule has 1 N–H and O–H groups in total. The summed E-state index contributed by atoms with van der Waals surface area (Å²) >= 11 is 0. The van der Waals surface area contributed by atoms with Gasteiger partial charge in [0.05, 0.1) is 24.2 Å². The largest absolute Gasteiger partial charge is 0.378 e. The number of alkyl halides is 3. The number of morpholine rings is 1. The van der Waals surface area contributed by atoms with Gasteiger partial charge in [-0.25, -0.2) is 18.2 Å². The van der Waals surface area contributed by atoms with Gasteiger partial charge in [-0.1, -0.05) is 12.1 Å². The lowest BCUT2D eigenvalue weighted by atomic mass is 9.85. The SMILES string of the molecule is FC[C@@H]1CCCN1C1CCC(CNc2cc(-n3c(C(F)F)nc4ccccc43)nc(N3CCOCC3)n2)CC1. The fraction of sp³-hybridized carbons (Fsp3) is 0.607. The number of benzene rings is 1. The number of ether oxygens (including phenoxy) is 1. The molecule has 2 saturated heterocycles. The van der Waals surface area contributed by atoms with E-state index < -0.39 is 6.43 Å². The Morgan fingerprint density at radius 3 is 2.54 bits per heavy atom. The Kier molecular flexibility index (Phi) is 7.87. The number of nitrogens with zero attached hydrogens (tertiary/aromatic N) is 6. The van der Waals surface area contributed by atoms with E-state index in [1.165, 1.54) is 4.57 Å². The van der Waals surface area contributed by atoms with Crippen LogP contribution in [0.5, 0.6) is 0 Å². The van der Waals surface area contributed by atoms with Crippen LogP contribution >= 0.6 is 0 Å². The summed E-state index contributed by atoms with van der Waals surface area (Å²) in [7, 11) is 0. The second kappa shape index (κ2) is 11.7. The van der Waals surface area contributed by atoms with Gasteiger partial charge >= 0.3 is 0 Å². The first kappa shape index (κ1) is 26.3. The van der Waals surface area contributed by atoms with Gasteiger partial charge in [0.1, 0.15) is 18.3 Å². The second-order valence-electron chi connectivity index (χ2n) is 10.8. The van der Waals surface area contributed by atoms with Gasteiger partial charge in [0.2, 0.25) is 5.95 Å². The number of rotatable bonds is 8. The van der Waals surface area contributed by atoms with E-state index in [4.69, 9.17) is 14.7 Å². The predicted octanol–water partition coefficient (Wildman–Crippen LogP) is 4.99. The fourth-order valence-electron chi connectivity index (χ4n) is 6.40. The maximum atomic E-state index is 14.1. The molecule has 39 heavy (non-hydrogen) atoms. The Morgan fingerprint density at radius 1 is 0.974 bits per heavy atom. The Balaban J connectivity index is 1.23. The third kappa shape index (κ3) is 5.56. The van der Waals surface area contributed by atoms with Gasteiger partial charge in [0, 0.05) is 37.8 Å². The summed E-state index contributed by atoms with van der Waals surface area (Å²) in [6, 6.07) is 9.43. The molecule has 0 spiro atoms. The molecule has 0 bridgehead atoms. The average molecular weight is 544 g/mol. The topological polar surface area (TPSA) is 71.3 Å². The number of likely N-dealkylation sites (tertiary alicyclic amines) is 1. The number of hydrogen-bond donors (Lipinski definition) is 1. The highest BCUT2D eigenvalue weighted by Crippen LogP contribution is 2.33. The summed E-state index contributed by atoms with van der Waals surface area (Å²) < 4.78 is 48.6. The van der Waals surface area contributed by atoms with Crippen molar-refractivity contribution in [1.82, 2.24) is 24.4 Å². The summed E-state index contributed by atoms with van der Waals surface area (Å²) in [5, 5.41) is 3.49. The summed E-state index contributed by atoms with van der Waals surface area (Å²) in [6.45, 7) is 3.91. The number of imidazole rings is 1. The molecule has 1 atom stereocenters. The molecule has 8 nitrogen and oxygen atoms in total. The van der Waals surface area contributed by atoms with E-state index in [9.17, 15) is 13.2 Å². The fourth-order valence-corrected chi connectivity index (χ4v) is 6.40. The Labute approximate surface area is 226 Å². The molecule has 3 aliphatic rings. The quantitative estimate of drug-likeness (QED) is 0.429. The first-order valence-corrected chi connectivity index (χ1v) is 14.1. The van der Waals surface area contributed by atoms with E-state index in [0.29, 0.717) is 66.9 Å². The van der Waals surface area contributed by atoms with Crippen molar-refractivity contribution in [2.24, 2.45) is 5.92 Å². The molecule has 210 valence electrons. The molecule has 3 fully saturated rings. The van der Waals surface area contributed by atoms with Crippen LogP contribution < -0.4 is 10.2 Å². The molecule has 6 rings (SSSR count). The van der Waals surface area contributed by atoms with E-state index in [-0.39, 0.29) is 18.5 Å². The van der Waals surface area contributed by atoms with Crippen LogP contribution in [-0.4, -0.2) is 82.6 Å². The molecular formula is C28H36F3N7O. The molecule has 11 heteroatoms. The molecule has 1 aliphatic carbocycles. The van der Waals surface area contributed by atoms with Gasteiger partial charge in [0.15, 0.2) is 5.82 Å². The monoisotopic (exact) mass is 543 g/mol. The molecule has 0 unspecified atom stereocenters. The zero-order valence-electron chi connectivity index (χ0n) is 22.1. The van der Waals surface area contributed by atoms with Gasteiger partial charge in [0.25, 0.3) is 6.43 Å². The van der Waals surface area contributed by atoms with E-state index in [1.807, 2.05) is 11.0 Å². The third-order valence-electron chi connectivity index (χ3n) is 8.46. The minimum atomic E-state index is -2.75. The van der Waals surface area contributed by atoms with E-state index >= 15 is 0 Å². The van der Waals surface area contributed by atoms with Crippen LogP contribution in [-0.2, 0) is 4.74 Å². The third-order valence-corrected chi connectivity index (χ3v) is 8.46. The van der Waals surface area contributed by atoms with E-state index in [1.54, 1.807) is 24.3 Å². The number of halogens is 3. The van der Waals surface area contributed by atoms with Crippen molar-refractivity contribution in [1.29, 1.82) is 0 Å². The van der Waals surface area contributed by atoms with Crippen molar-refractivity contribution < 1.29 is 17.9 Å². The van der Waals surface area contributed by atoms with Gasteiger partial charge in [-0.3, -0.25) is 9.47 Å². The van der Waals surface area contributed by atoms with Crippen molar-refractivity contribution in [2.45, 2.75) is 57.0 Å². The number of anilines is 2. The van der Waals surface area contributed by atoms with Gasteiger partial charge in [-0.05, 0) is 63.1 Å². The molecule has 2 aliphatic heterocycles. The maximum Gasteiger partial charge on any atom is 0.296 e. The highest BCUT2D eigenvalue weighted by molar-refractivity contribution is 5.78. The molecule has 2 aromatic heterocycles. The first-order chi connectivity index (χ1) is 19.1. The van der Waals surface area contributed by atoms with Gasteiger partial charge in [-0.2, -0.15) is 9.97 Å². The zero-order chi connectivity index (χ0) is 26.8. The number of fused-ring (bicyclic) bond motifs is 1. The number of hydrogen-bond acceptors (Lipinski definition) is 7. The van der Waals surface area contributed by atoms with Crippen LogP contribution in [0.2, 0.25) is 0 Å². The van der Waals surface area contributed by atoms with Crippen LogP contribution in [0.25, 0.3) is 16.9 Å². The number of aromatic nitrogens is 4. The van der Waals surface area contributed by atoms with Gasteiger partial charge < -0.3 is 15.0 Å². The lowest BCUT2D eigenvalue weighted by molar-refractivity contribution is 0.111. The Morgan fingerprint density at radius 2 is 1.77 bits per heavy atom. The summed E-state index contributed by atoms with van der Waals surface area (Å²) in [5.74, 6) is 1.61. The Hall–Kier alpha value is -2.92. The standard InChI is InChI=1S/C28H36F3N7O/c29-17-21-4-3-11-37(21)20-9-7-19(8-10-20)18-32-24-16-25(35-28(34-24)36-12-14-39-15-13-36)38-23-6-2-1-5-22(23)33-27(38)26(30)31/h1-2,5-6,16,19-21,26H,3-4,7-15,17-18H2,(H,32,34,35)/t19?,20?,21-/m0/s1. The summed E-state index contributed by atoms with van der Waals surface area (Å²) in [5.41, 5.74) is 1.08. The van der Waals surface area contributed by atoms with Crippen molar-refractivity contribution in [3.63, 3.8) is 0 Å². The molecule has 3 aromatic rings. The number of nitrogens with one attached hydrogen (secondary N) is 1. The molecular weight excluding hydrogens is 507 g/mol. The van der Waals surface area contributed by atoms with E-state index in [0.717, 1.165) is 51.6 Å². The number of para-hydroxylation sites is 2. The molecule has 0 radical (unpaired) electrons. The minimum absolute atomic E-state index is 0.0973. The lowest BCUT2D eigenvalue weighted by Gasteiger charge is -2.37. The average Bonchev–Trinajstić information content (AvgIpc) is 3.62. The van der Waals surface area contributed by atoms with Crippen LogP contribution in [0.4, 0.5) is 24.9 Å². The highest BCUT2D eigenvalue weighted by atomic mass is 19.3. The molecule has 1 saturated carbocycles.